The van der Waals surface area contributed by atoms with Gasteiger partial charge in [-0.05, 0) is 43.5 Å². The molecular formula is C13H9Br2ClN2O2. The van der Waals surface area contributed by atoms with Gasteiger partial charge in [0.2, 0.25) is 0 Å². The predicted octanol–water partition coefficient (Wildman–Crippen LogP) is 5.01. The molecule has 0 atom stereocenters. The van der Waals surface area contributed by atoms with Crippen molar-refractivity contribution in [1.82, 2.24) is 4.98 Å². The maximum absolute atomic E-state index is 11.7. The molecule has 1 amide bonds. The molecule has 0 fully saturated rings. The van der Waals surface area contributed by atoms with Gasteiger partial charge in [-0.25, -0.2) is 9.78 Å². The van der Waals surface area contributed by atoms with Crippen LogP contribution in [0.25, 0.3) is 0 Å². The van der Waals surface area contributed by atoms with Crippen molar-refractivity contribution in [2.45, 2.75) is 6.61 Å². The lowest BCUT2D eigenvalue weighted by molar-refractivity contribution is 0.155. The van der Waals surface area contributed by atoms with Crippen LogP contribution in [-0.4, -0.2) is 11.1 Å². The number of pyridine rings is 1. The summed E-state index contributed by atoms with van der Waals surface area (Å²) in [4.78, 5) is 15.8. The normalized spacial score (nSPS) is 10.2. The summed E-state index contributed by atoms with van der Waals surface area (Å²) in [5, 5.41) is 2.81. The lowest BCUT2D eigenvalue weighted by Gasteiger charge is -2.08. The van der Waals surface area contributed by atoms with Crippen molar-refractivity contribution in [2.75, 3.05) is 5.32 Å². The first-order valence-corrected chi connectivity index (χ1v) is 7.52. The van der Waals surface area contributed by atoms with Crippen molar-refractivity contribution in [3.05, 3.63) is 56.1 Å². The number of benzene rings is 1. The third kappa shape index (κ3) is 4.19. The highest BCUT2D eigenvalue weighted by atomic mass is 79.9. The Hall–Kier alpha value is -1.11. The molecule has 0 unspecified atom stereocenters. The quantitative estimate of drug-likeness (QED) is 0.711. The Morgan fingerprint density at radius 1 is 1.30 bits per heavy atom. The molecule has 1 aromatic carbocycles. The number of halogens is 3. The second-order valence-electron chi connectivity index (χ2n) is 3.78. The second-order valence-corrected chi connectivity index (χ2v) is 5.79. The summed E-state index contributed by atoms with van der Waals surface area (Å²) in [5.41, 5.74) is 0.902. The Bertz CT molecular complexity index is 623. The molecule has 2 rings (SSSR count). The van der Waals surface area contributed by atoms with Gasteiger partial charge in [0.1, 0.15) is 11.2 Å². The van der Waals surface area contributed by atoms with E-state index in [0.717, 1.165) is 5.56 Å². The maximum atomic E-state index is 11.7. The molecule has 7 heteroatoms. The number of rotatable bonds is 3. The van der Waals surface area contributed by atoms with E-state index >= 15 is 0 Å². The van der Waals surface area contributed by atoms with Crippen LogP contribution in [0.3, 0.4) is 0 Å². The molecule has 0 radical (unpaired) electrons. The number of nitrogens with one attached hydrogen (secondary N) is 1. The first kappa shape index (κ1) is 15.3. The van der Waals surface area contributed by atoms with Crippen LogP contribution >= 0.6 is 43.5 Å². The number of ether oxygens (including phenoxy) is 1. The van der Waals surface area contributed by atoms with Crippen LogP contribution in [0.4, 0.5) is 10.6 Å². The first-order chi connectivity index (χ1) is 9.56. The van der Waals surface area contributed by atoms with Crippen molar-refractivity contribution in [1.29, 1.82) is 0 Å². The number of hydrogen-bond donors (Lipinski definition) is 1. The van der Waals surface area contributed by atoms with Gasteiger partial charge in [-0.15, -0.1) is 0 Å². The first-order valence-electron chi connectivity index (χ1n) is 5.55. The average Bonchev–Trinajstić information content (AvgIpc) is 2.44. The Balaban J connectivity index is 1.97. The van der Waals surface area contributed by atoms with Crippen LogP contribution < -0.4 is 5.32 Å². The highest BCUT2D eigenvalue weighted by Gasteiger charge is 2.11. The Morgan fingerprint density at radius 3 is 2.70 bits per heavy atom. The number of carbonyl (C=O) groups excluding carboxylic acids is 1. The number of amides is 1. The lowest BCUT2D eigenvalue weighted by atomic mass is 10.2. The molecule has 0 saturated heterocycles. The number of anilines is 1. The van der Waals surface area contributed by atoms with E-state index in [1.54, 1.807) is 6.07 Å². The number of aromatic nitrogens is 1. The fraction of sp³-hybridized carbons (Fsp3) is 0.0769. The molecule has 0 aliphatic heterocycles. The van der Waals surface area contributed by atoms with E-state index in [9.17, 15) is 4.79 Å². The van der Waals surface area contributed by atoms with Crippen molar-refractivity contribution in [2.24, 2.45) is 0 Å². The monoisotopic (exact) mass is 418 g/mol. The van der Waals surface area contributed by atoms with Gasteiger partial charge in [0, 0.05) is 0 Å². The number of nitrogens with zero attached hydrogens (tertiary/aromatic N) is 1. The predicted molar refractivity (Wildman–Crippen MR) is 84.9 cm³/mol. The van der Waals surface area contributed by atoms with Gasteiger partial charge in [-0.3, -0.25) is 5.32 Å². The molecule has 0 aliphatic rings. The van der Waals surface area contributed by atoms with Crippen molar-refractivity contribution < 1.29 is 9.53 Å². The summed E-state index contributed by atoms with van der Waals surface area (Å²) in [6.45, 7) is 0.183. The van der Waals surface area contributed by atoms with E-state index in [4.69, 9.17) is 16.3 Å². The van der Waals surface area contributed by atoms with E-state index in [-0.39, 0.29) is 12.4 Å². The zero-order chi connectivity index (χ0) is 14.5. The summed E-state index contributed by atoms with van der Waals surface area (Å²) < 4.78 is 6.32. The molecule has 2 aromatic rings. The largest absolute Gasteiger partial charge is 0.444 e. The second kappa shape index (κ2) is 7.06. The molecule has 0 aliphatic carbocycles. The smallest absolute Gasteiger partial charge is 0.413 e. The summed E-state index contributed by atoms with van der Waals surface area (Å²) in [6, 6.07) is 11.0. The molecule has 0 spiro atoms. The number of hydrogen-bond acceptors (Lipinski definition) is 3. The van der Waals surface area contributed by atoms with Crippen LogP contribution in [0, 0.1) is 0 Å². The zero-order valence-electron chi connectivity index (χ0n) is 10.1. The zero-order valence-corrected chi connectivity index (χ0v) is 14.0. The molecular weight excluding hydrogens is 411 g/mol. The standard InChI is InChI=1S/C13H9Br2ClN2O2/c14-9-6-10(16)12(17-11(9)15)18-13(19)20-7-8-4-2-1-3-5-8/h1-6H,7H2,(H,17,18,19). The summed E-state index contributed by atoms with van der Waals surface area (Å²) >= 11 is 12.5. The van der Waals surface area contributed by atoms with E-state index < -0.39 is 6.09 Å². The van der Waals surface area contributed by atoms with Crippen LogP contribution in [-0.2, 0) is 11.3 Å². The van der Waals surface area contributed by atoms with Crippen LogP contribution in [0.15, 0.2) is 45.5 Å². The van der Waals surface area contributed by atoms with E-state index in [1.165, 1.54) is 0 Å². The van der Waals surface area contributed by atoms with Gasteiger partial charge >= 0.3 is 6.09 Å². The van der Waals surface area contributed by atoms with Gasteiger partial charge in [0.15, 0.2) is 5.82 Å². The third-order valence-electron chi connectivity index (χ3n) is 2.32. The molecule has 1 N–H and O–H groups in total. The van der Waals surface area contributed by atoms with Crippen molar-refractivity contribution in [3.8, 4) is 0 Å². The third-order valence-corrected chi connectivity index (χ3v) is 4.35. The average molecular weight is 420 g/mol. The summed E-state index contributed by atoms with van der Waals surface area (Å²) in [7, 11) is 0. The lowest BCUT2D eigenvalue weighted by Crippen LogP contribution is -2.15. The van der Waals surface area contributed by atoms with E-state index in [2.05, 4.69) is 42.2 Å². The topological polar surface area (TPSA) is 51.2 Å². The Labute approximate surface area is 137 Å². The molecule has 1 aromatic heterocycles. The van der Waals surface area contributed by atoms with Gasteiger partial charge < -0.3 is 4.74 Å². The molecule has 1 heterocycles. The molecule has 0 bridgehead atoms. The minimum atomic E-state index is -0.613. The fourth-order valence-corrected chi connectivity index (χ4v) is 2.33. The van der Waals surface area contributed by atoms with E-state index in [1.807, 2.05) is 30.3 Å². The van der Waals surface area contributed by atoms with Gasteiger partial charge in [0.05, 0.1) is 9.50 Å². The van der Waals surface area contributed by atoms with Crippen LogP contribution in [0.2, 0.25) is 5.02 Å². The summed E-state index contributed by atoms with van der Waals surface area (Å²) in [5.74, 6) is 0.236. The maximum Gasteiger partial charge on any atom is 0.413 e. The fourth-order valence-electron chi connectivity index (χ4n) is 1.39. The van der Waals surface area contributed by atoms with E-state index in [0.29, 0.717) is 14.1 Å². The molecule has 4 nitrogen and oxygen atoms in total. The molecule has 20 heavy (non-hydrogen) atoms. The molecule has 0 saturated carbocycles. The Kier molecular flexibility index (Phi) is 5.39. The molecule has 104 valence electrons. The van der Waals surface area contributed by atoms with Crippen molar-refractivity contribution >= 4 is 55.4 Å². The van der Waals surface area contributed by atoms with Gasteiger partial charge in [0.25, 0.3) is 0 Å². The van der Waals surface area contributed by atoms with Crippen molar-refractivity contribution in [3.63, 3.8) is 0 Å². The minimum absolute atomic E-state index is 0.183. The highest BCUT2D eigenvalue weighted by Crippen LogP contribution is 2.29. The van der Waals surface area contributed by atoms with Crippen LogP contribution in [0.5, 0.6) is 0 Å². The number of carbonyl (C=O) groups is 1. The van der Waals surface area contributed by atoms with Gasteiger partial charge in [-0.1, -0.05) is 41.9 Å². The van der Waals surface area contributed by atoms with Crippen LogP contribution in [0.1, 0.15) is 5.56 Å². The highest BCUT2D eigenvalue weighted by molar-refractivity contribution is 9.13. The van der Waals surface area contributed by atoms with Gasteiger partial charge in [-0.2, -0.15) is 0 Å². The minimum Gasteiger partial charge on any atom is -0.444 e. The summed E-state index contributed by atoms with van der Waals surface area (Å²) in [6.07, 6.45) is -0.613. The Morgan fingerprint density at radius 2 is 2.00 bits per heavy atom. The SMILES string of the molecule is O=C(Nc1nc(Br)c(Br)cc1Cl)OCc1ccccc1.